The predicted octanol–water partition coefficient (Wildman–Crippen LogP) is 1.71. The maximum Gasteiger partial charge on any atom is 0.337 e. The number of ether oxygens (including phenoxy) is 2. The number of anilines is 1. The van der Waals surface area contributed by atoms with Crippen LogP contribution in [-0.4, -0.2) is 41.1 Å². The normalized spacial score (nSPS) is 10.9. The van der Waals surface area contributed by atoms with Crippen molar-refractivity contribution < 1.29 is 27.5 Å². The molecule has 144 valence electrons. The summed E-state index contributed by atoms with van der Waals surface area (Å²) in [7, 11) is -1.07. The highest BCUT2D eigenvalue weighted by Gasteiger charge is 2.17. The van der Waals surface area contributed by atoms with Gasteiger partial charge in [-0.15, -0.1) is 0 Å². The number of aryl methyl sites for hydroxylation is 1. The molecule has 0 aliphatic rings. The van der Waals surface area contributed by atoms with Crippen LogP contribution in [0, 0.1) is 6.92 Å². The van der Waals surface area contributed by atoms with Crippen LogP contribution in [0.1, 0.15) is 15.9 Å². The first-order valence-corrected chi connectivity index (χ1v) is 9.37. The Bertz CT molecular complexity index is 939. The zero-order valence-corrected chi connectivity index (χ0v) is 15.9. The Kier molecular flexibility index (Phi) is 6.54. The Morgan fingerprint density at radius 1 is 1.04 bits per heavy atom. The van der Waals surface area contributed by atoms with E-state index in [0.717, 1.165) is 0 Å². The van der Waals surface area contributed by atoms with E-state index in [2.05, 4.69) is 14.8 Å². The monoisotopic (exact) mass is 392 g/mol. The van der Waals surface area contributed by atoms with Crippen LogP contribution >= 0.6 is 0 Å². The minimum Gasteiger partial charge on any atom is -0.496 e. The van der Waals surface area contributed by atoms with Gasteiger partial charge in [-0.2, -0.15) is 0 Å². The molecule has 0 radical (unpaired) electrons. The SMILES string of the molecule is COC(=O)c1ccc(NC(=O)CNS(=O)(=O)c2ccc(OC)c(C)c2)cc1. The summed E-state index contributed by atoms with van der Waals surface area (Å²) in [6, 6.07) is 10.4. The molecule has 0 heterocycles. The van der Waals surface area contributed by atoms with Crippen LogP contribution in [0.15, 0.2) is 47.4 Å². The molecule has 8 nitrogen and oxygen atoms in total. The zero-order chi connectivity index (χ0) is 20.0. The lowest BCUT2D eigenvalue weighted by Crippen LogP contribution is -2.32. The van der Waals surface area contributed by atoms with Crippen molar-refractivity contribution in [1.82, 2.24) is 4.72 Å². The van der Waals surface area contributed by atoms with E-state index in [0.29, 0.717) is 22.6 Å². The van der Waals surface area contributed by atoms with Crippen molar-refractivity contribution in [2.75, 3.05) is 26.1 Å². The summed E-state index contributed by atoms with van der Waals surface area (Å²) in [5.74, 6) is -0.466. The van der Waals surface area contributed by atoms with Crippen LogP contribution in [0.4, 0.5) is 5.69 Å². The van der Waals surface area contributed by atoms with Crippen molar-refractivity contribution in [2.45, 2.75) is 11.8 Å². The fourth-order valence-corrected chi connectivity index (χ4v) is 3.34. The molecule has 2 rings (SSSR count). The molecular formula is C18H20N2O6S. The van der Waals surface area contributed by atoms with E-state index in [-0.39, 0.29) is 4.90 Å². The summed E-state index contributed by atoms with van der Waals surface area (Å²) in [5, 5.41) is 2.54. The second kappa shape index (κ2) is 8.65. The lowest BCUT2D eigenvalue weighted by Gasteiger charge is -2.10. The van der Waals surface area contributed by atoms with Gasteiger partial charge in [-0.05, 0) is 55.0 Å². The van der Waals surface area contributed by atoms with Gasteiger partial charge < -0.3 is 14.8 Å². The molecule has 0 fully saturated rings. The topological polar surface area (TPSA) is 111 Å². The van der Waals surface area contributed by atoms with E-state index in [9.17, 15) is 18.0 Å². The van der Waals surface area contributed by atoms with Crippen molar-refractivity contribution in [3.05, 3.63) is 53.6 Å². The average molecular weight is 392 g/mol. The molecule has 27 heavy (non-hydrogen) atoms. The van der Waals surface area contributed by atoms with Gasteiger partial charge in [0.2, 0.25) is 15.9 Å². The number of methoxy groups -OCH3 is 2. The van der Waals surface area contributed by atoms with Gasteiger partial charge in [-0.25, -0.2) is 17.9 Å². The largest absolute Gasteiger partial charge is 0.496 e. The fraction of sp³-hybridized carbons (Fsp3) is 0.222. The molecule has 0 bridgehead atoms. The molecule has 0 saturated heterocycles. The van der Waals surface area contributed by atoms with Crippen LogP contribution in [0.25, 0.3) is 0 Å². The fourth-order valence-electron chi connectivity index (χ4n) is 2.27. The quantitative estimate of drug-likeness (QED) is 0.694. The number of benzene rings is 2. The van der Waals surface area contributed by atoms with Crippen molar-refractivity contribution in [3.63, 3.8) is 0 Å². The number of carbonyl (C=O) groups excluding carboxylic acids is 2. The van der Waals surface area contributed by atoms with Crippen LogP contribution in [0.5, 0.6) is 5.75 Å². The van der Waals surface area contributed by atoms with Gasteiger partial charge in [0.15, 0.2) is 0 Å². The number of nitrogens with one attached hydrogen (secondary N) is 2. The van der Waals surface area contributed by atoms with E-state index in [1.165, 1.54) is 50.6 Å². The van der Waals surface area contributed by atoms with Gasteiger partial charge in [0.05, 0.1) is 31.2 Å². The summed E-state index contributed by atoms with van der Waals surface area (Å²) >= 11 is 0. The number of amides is 1. The highest BCUT2D eigenvalue weighted by atomic mass is 32.2. The molecule has 0 atom stereocenters. The molecule has 0 aliphatic heterocycles. The third-order valence-corrected chi connectivity index (χ3v) is 5.09. The number of hydrogen-bond acceptors (Lipinski definition) is 6. The Hall–Kier alpha value is -2.91. The first-order chi connectivity index (χ1) is 12.8. The molecule has 0 spiro atoms. The van der Waals surface area contributed by atoms with Gasteiger partial charge in [-0.3, -0.25) is 4.79 Å². The minimum atomic E-state index is -3.84. The molecule has 0 aliphatic carbocycles. The van der Waals surface area contributed by atoms with Crippen molar-refractivity contribution in [3.8, 4) is 5.75 Å². The van der Waals surface area contributed by atoms with Gasteiger partial charge in [0.25, 0.3) is 0 Å². The van der Waals surface area contributed by atoms with E-state index < -0.39 is 28.4 Å². The molecule has 2 N–H and O–H groups in total. The molecule has 2 aromatic rings. The first kappa shape index (κ1) is 20.4. The Morgan fingerprint density at radius 2 is 1.70 bits per heavy atom. The zero-order valence-electron chi connectivity index (χ0n) is 15.1. The van der Waals surface area contributed by atoms with Crippen molar-refractivity contribution in [1.29, 1.82) is 0 Å². The number of hydrogen-bond donors (Lipinski definition) is 2. The number of carbonyl (C=O) groups is 2. The van der Waals surface area contributed by atoms with E-state index >= 15 is 0 Å². The summed E-state index contributed by atoms with van der Waals surface area (Å²) < 4.78 is 36.6. The average Bonchev–Trinajstić information content (AvgIpc) is 2.66. The van der Waals surface area contributed by atoms with Crippen LogP contribution < -0.4 is 14.8 Å². The van der Waals surface area contributed by atoms with Crippen LogP contribution in [-0.2, 0) is 19.6 Å². The Morgan fingerprint density at radius 3 is 2.26 bits per heavy atom. The molecule has 9 heteroatoms. The smallest absolute Gasteiger partial charge is 0.337 e. The minimum absolute atomic E-state index is 0.0380. The lowest BCUT2D eigenvalue weighted by atomic mass is 10.2. The Balaban J connectivity index is 1.98. The lowest BCUT2D eigenvalue weighted by molar-refractivity contribution is -0.115. The summed E-state index contributed by atoms with van der Waals surface area (Å²) in [6.07, 6.45) is 0. The molecule has 1 amide bonds. The van der Waals surface area contributed by atoms with Crippen molar-refractivity contribution >= 4 is 27.6 Å². The van der Waals surface area contributed by atoms with E-state index in [4.69, 9.17) is 4.74 Å². The molecule has 0 unspecified atom stereocenters. The number of rotatable bonds is 7. The van der Waals surface area contributed by atoms with E-state index in [1.807, 2.05) is 0 Å². The standard InChI is InChI=1S/C18H20N2O6S/c1-12-10-15(8-9-16(12)25-2)27(23,24)19-11-17(21)20-14-6-4-13(5-7-14)18(22)26-3/h4-10,19H,11H2,1-3H3,(H,20,21). The third-order valence-electron chi connectivity index (χ3n) is 3.69. The van der Waals surface area contributed by atoms with Gasteiger partial charge >= 0.3 is 5.97 Å². The van der Waals surface area contributed by atoms with Crippen LogP contribution in [0.2, 0.25) is 0 Å². The highest BCUT2D eigenvalue weighted by Crippen LogP contribution is 2.21. The van der Waals surface area contributed by atoms with Crippen LogP contribution in [0.3, 0.4) is 0 Å². The molecular weight excluding hydrogens is 372 g/mol. The van der Waals surface area contributed by atoms with Crippen molar-refractivity contribution in [2.24, 2.45) is 0 Å². The molecule has 2 aromatic carbocycles. The van der Waals surface area contributed by atoms with Gasteiger partial charge in [0, 0.05) is 5.69 Å². The number of sulfonamides is 1. The third kappa shape index (κ3) is 5.28. The van der Waals surface area contributed by atoms with Gasteiger partial charge in [-0.1, -0.05) is 0 Å². The summed E-state index contributed by atoms with van der Waals surface area (Å²) in [6.45, 7) is 1.29. The maximum atomic E-state index is 12.3. The molecule has 0 aromatic heterocycles. The van der Waals surface area contributed by atoms with Gasteiger partial charge in [0.1, 0.15) is 5.75 Å². The summed E-state index contributed by atoms with van der Waals surface area (Å²) in [5.41, 5.74) is 1.42. The molecule has 0 saturated carbocycles. The number of esters is 1. The Labute approximate surface area is 157 Å². The maximum absolute atomic E-state index is 12.3. The first-order valence-electron chi connectivity index (χ1n) is 7.89. The second-order valence-corrected chi connectivity index (χ2v) is 7.34. The predicted molar refractivity (Wildman–Crippen MR) is 99.3 cm³/mol. The summed E-state index contributed by atoms with van der Waals surface area (Å²) in [4.78, 5) is 23.4. The second-order valence-electron chi connectivity index (χ2n) is 5.57. The highest BCUT2D eigenvalue weighted by molar-refractivity contribution is 7.89. The van der Waals surface area contributed by atoms with E-state index in [1.54, 1.807) is 13.0 Å².